The van der Waals surface area contributed by atoms with Crippen LogP contribution in [0.2, 0.25) is 0 Å². The van der Waals surface area contributed by atoms with E-state index in [-0.39, 0.29) is 47.5 Å². The first-order valence-electron chi connectivity index (χ1n) is 14.2. The van der Waals surface area contributed by atoms with Gasteiger partial charge in [-0.1, -0.05) is 72.3 Å². The van der Waals surface area contributed by atoms with Crippen LogP contribution in [-0.2, 0) is 16.1 Å². The lowest BCUT2D eigenvalue weighted by Gasteiger charge is -2.24. The van der Waals surface area contributed by atoms with Crippen LogP contribution in [0.1, 0.15) is 33.1 Å². The third kappa shape index (κ3) is 6.01. The zero-order chi connectivity index (χ0) is 30.8. The molecule has 0 radical (unpaired) electrons. The maximum absolute atomic E-state index is 14.0. The fourth-order valence-corrected chi connectivity index (χ4v) is 6.64. The van der Waals surface area contributed by atoms with Crippen molar-refractivity contribution in [2.45, 2.75) is 25.6 Å². The molecule has 6 nitrogen and oxygen atoms in total. The molecule has 222 valence electrons. The lowest BCUT2D eigenvalue weighted by atomic mass is 9.99. The van der Waals surface area contributed by atoms with Crippen LogP contribution in [-0.4, -0.2) is 33.9 Å². The van der Waals surface area contributed by atoms with Gasteiger partial charge in [-0.25, -0.2) is 13.5 Å². The molecule has 6 rings (SSSR count). The highest BCUT2D eigenvalue weighted by Gasteiger charge is 2.38. The molecule has 0 saturated heterocycles. The van der Waals surface area contributed by atoms with Gasteiger partial charge >= 0.3 is 0 Å². The highest BCUT2D eigenvalue weighted by molar-refractivity contribution is 8.00. The van der Waals surface area contributed by atoms with Crippen LogP contribution in [0.25, 0.3) is 16.9 Å². The molecule has 1 atom stereocenters. The molecule has 5 aromatic rings. The number of aromatic nitrogens is 2. The van der Waals surface area contributed by atoms with E-state index in [1.165, 1.54) is 40.9 Å². The standard InChI is InChI=1S/C35H30F2N4O2S/c1-22-8-17-29(23(2)18-22)41-35-32(33(39-41)25-6-4-3-5-7-25)34(26-11-15-28(37)16-12-26)44-21-31(43)40(35)20-30(42)38-19-24-9-13-27(36)14-10-24/h3-18,34H,19-21H2,1-2H3,(H,38,42). The van der Waals surface area contributed by atoms with Crippen molar-refractivity contribution >= 4 is 29.4 Å². The Morgan fingerprint density at radius 1 is 0.932 bits per heavy atom. The van der Waals surface area contributed by atoms with E-state index < -0.39 is 0 Å². The molecule has 4 aromatic carbocycles. The molecule has 1 aromatic heterocycles. The number of halogens is 2. The Morgan fingerprint density at radius 2 is 1.61 bits per heavy atom. The molecule has 2 heterocycles. The zero-order valence-corrected chi connectivity index (χ0v) is 25.1. The number of amides is 2. The van der Waals surface area contributed by atoms with Crippen LogP contribution in [0, 0.1) is 25.5 Å². The van der Waals surface area contributed by atoms with Gasteiger partial charge in [-0.2, -0.15) is 5.10 Å². The van der Waals surface area contributed by atoms with E-state index in [1.54, 1.807) is 28.9 Å². The van der Waals surface area contributed by atoms with Crippen LogP contribution >= 0.6 is 11.8 Å². The van der Waals surface area contributed by atoms with Gasteiger partial charge in [0, 0.05) is 17.7 Å². The third-order valence-corrected chi connectivity index (χ3v) is 8.85. The third-order valence-electron chi connectivity index (χ3n) is 7.59. The molecule has 0 bridgehead atoms. The van der Waals surface area contributed by atoms with E-state index in [0.717, 1.165) is 39.1 Å². The van der Waals surface area contributed by atoms with Gasteiger partial charge in [-0.3, -0.25) is 14.5 Å². The molecule has 44 heavy (non-hydrogen) atoms. The van der Waals surface area contributed by atoms with Gasteiger partial charge in [0.15, 0.2) is 0 Å². The molecular weight excluding hydrogens is 578 g/mol. The van der Waals surface area contributed by atoms with Crippen molar-refractivity contribution in [3.05, 3.63) is 137 Å². The maximum Gasteiger partial charge on any atom is 0.240 e. The van der Waals surface area contributed by atoms with Gasteiger partial charge in [0.1, 0.15) is 24.0 Å². The minimum atomic E-state index is -0.367. The number of aryl methyl sites for hydroxylation is 2. The minimum absolute atomic E-state index is 0.100. The number of nitrogens with one attached hydrogen (secondary N) is 1. The summed E-state index contributed by atoms with van der Waals surface area (Å²) < 4.78 is 29.2. The van der Waals surface area contributed by atoms with Crippen molar-refractivity contribution in [1.29, 1.82) is 0 Å². The van der Waals surface area contributed by atoms with Crippen LogP contribution in [0.5, 0.6) is 0 Å². The Labute approximate surface area is 258 Å². The predicted octanol–water partition coefficient (Wildman–Crippen LogP) is 6.92. The number of anilines is 1. The second-order valence-corrected chi connectivity index (χ2v) is 11.9. The molecule has 1 N–H and O–H groups in total. The van der Waals surface area contributed by atoms with Gasteiger partial charge in [-0.15, -0.1) is 11.8 Å². The summed E-state index contributed by atoms with van der Waals surface area (Å²) in [5.41, 5.74) is 6.68. The van der Waals surface area contributed by atoms with Crippen LogP contribution in [0.3, 0.4) is 0 Å². The first-order chi connectivity index (χ1) is 21.3. The van der Waals surface area contributed by atoms with E-state index in [1.807, 2.05) is 56.3 Å². The quantitative estimate of drug-likeness (QED) is 0.218. The molecule has 0 spiro atoms. The Kier molecular flexibility index (Phi) is 8.30. The van der Waals surface area contributed by atoms with Crippen LogP contribution in [0.4, 0.5) is 14.6 Å². The topological polar surface area (TPSA) is 67.2 Å². The first-order valence-corrected chi connectivity index (χ1v) is 15.3. The number of thioether (sulfide) groups is 1. The summed E-state index contributed by atoms with van der Waals surface area (Å²) in [5.74, 6) is -0.723. The van der Waals surface area contributed by atoms with Gasteiger partial charge in [0.05, 0.1) is 22.4 Å². The lowest BCUT2D eigenvalue weighted by molar-refractivity contribution is -0.123. The summed E-state index contributed by atoms with van der Waals surface area (Å²) in [6, 6.07) is 27.9. The van der Waals surface area contributed by atoms with E-state index in [4.69, 9.17) is 5.10 Å². The number of rotatable bonds is 7. The first kappa shape index (κ1) is 29.3. The SMILES string of the molecule is Cc1ccc(-n2nc(-c3ccccc3)c3c2N(CC(=O)NCc2ccc(F)cc2)C(=O)CSC3c2ccc(F)cc2)c(C)c1. The van der Waals surface area contributed by atoms with Crippen molar-refractivity contribution in [2.75, 3.05) is 17.2 Å². The van der Waals surface area contributed by atoms with Crippen molar-refractivity contribution in [3.63, 3.8) is 0 Å². The highest BCUT2D eigenvalue weighted by Crippen LogP contribution is 2.48. The second-order valence-electron chi connectivity index (χ2n) is 10.8. The second kappa shape index (κ2) is 12.5. The number of benzene rings is 4. The summed E-state index contributed by atoms with van der Waals surface area (Å²) in [7, 11) is 0. The normalized spacial score (nSPS) is 14.7. The maximum atomic E-state index is 14.0. The number of carbonyl (C=O) groups is 2. The highest BCUT2D eigenvalue weighted by atomic mass is 32.2. The van der Waals surface area contributed by atoms with Crippen molar-refractivity contribution in [2.24, 2.45) is 0 Å². The van der Waals surface area contributed by atoms with Crippen molar-refractivity contribution in [3.8, 4) is 16.9 Å². The summed E-state index contributed by atoms with van der Waals surface area (Å²) in [6.45, 7) is 3.95. The molecule has 1 aliphatic heterocycles. The summed E-state index contributed by atoms with van der Waals surface area (Å²) in [6.07, 6.45) is 0. The number of hydrogen-bond acceptors (Lipinski definition) is 4. The minimum Gasteiger partial charge on any atom is -0.350 e. The molecule has 9 heteroatoms. The Morgan fingerprint density at radius 3 is 2.30 bits per heavy atom. The van der Waals surface area contributed by atoms with Crippen molar-refractivity contribution < 1.29 is 18.4 Å². The van der Waals surface area contributed by atoms with Gasteiger partial charge < -0.3 is 5.32 Å². The molecule has 0 aliphatic carbocycles. The Bertz CT molecular complexity index is 1820. The number of hydrogen-bond donors (Lipinski definition) is 1. The van der Waals surface area contributed by atoms with E-state index in [0.29, 0.717) is 11.5 Å². The Balaban J connectivity index is 1.51. The molecule has 1 unspecified atom stereocenters. The number of carbonyl (C=O) groups excluding carboxylic acids is 2. The average Bonchev–Trinajstić information content (AvgIpc) is 3.34. The van der Waals surface area contributed by atoms with E-state index >= 15 is 0 Å². The average molecular weight is 609 g/mol. The van der Waals surface area contributed by atoms with Gasteiger partial charge in [0.25, 0.3) is 0 Å². The summed E-state index contributed by atoms with van der Waals surface area (Å²) >= 11 is 1.43. The van der Waals surface area contributed by atoms with Crippen LogP contribution in [0.15, 0.2) is 97.1 Å². The number of fused-ring (bicyclic) bond motifs is 1. The Hall–Kier alpha value is -4.76. The lowest BCUT2D eigenvalue weighted by Crippen LogP contribution is -2.42. The van der Waals surface area contributed by atoms with E-state index in [9.17, 15) is 18.4 Å². The summed E-state index contributed by atoms with van der Waals surface area (Å²) in [5, 5.41) is 7.63. The molecule has 1 aliphatic rings. The zero-order valence-electron chi connectivity index (χ0n) is 24.3. The van der Waals surface area contributed by atoms with Crippen LogP contribution < -0.4 is 10.2 Å². The van der Waals surface area contributed by atoms with Gasteiger partial charge in [-0.05, 0) is 60.9 Å². The molecular formula is C35H30F2N4O2S. The smallest absolute Gasteiger partial charge is 0.240 e. The number of nitrogens with zero attached hydrogens (tertiary/aromatic N) is 3. The fraction of sp³-hybridized carbons (Fsp3) is 0.171. The fourth-order valence-electron chi connectivity index (χ4n) is 5.44. The monoisotopic (exact) mass is 608 g/mol. The molecule has 0 saturated carbocycles. The van der Waals surface area contributed by atoms with E-state index in [2.05, 4.69) is 11.4 Å². The van der Waals surface area contributed by atoms with Gasteiger partial charge in [0.2, 0.25) is 11.8 Å². The van der Waals surface area contributed by atoms with Crippen molar-refractivity contribution in [1.82, 2.24) is 15.1 Å². The molecule has 2 amide bonds. The summed E-state index contributed by atoms with van der Waals surface area (Å²) in [4.78, 5) is 28.8. The predicted molar refractivity (Wildman–Crippen MR) is 170 cm³/mol. The molecule has 0 fully saturated rings. The largest absolute Gasteiger partial charge is 0.350 e.